The number of hydrogen-bond acceptors (Lipinski definition) is 1. The number of aromatic nitrogens is 1. The van der Waals surface area contributed by atoms with Crippen LogP contribution in [0.1, 0.15) is 12.5 Å². The van der Waals surface area contributed by atoms with Crippen molar-refractivity contribution in [2.45, 2.75) is 6.92 Å². The lowest BCUT2D eigenvalue weighted by Crippen LogP contribution is -2.23. The van der Waals surface area contributed by atoms with Gasteiger partial charge in [0.25, 0.3) is 0 Å². The number of allylic oxidation sites excluding steroid dienone is 2. The van der Waals surface area contributed by atoms with Crippen LogP contribution in [0.5, 0.6) is 0 Å². The third-order valence-corrected chi connectivity index (χ3v) is 13.7. The monoisotopic (exact) mass is 863 g/mol. The van der Waals surface area contributed by atoms with Gasteiger partial charge in [-0.2, -0.15) is 0 Å². The van der Waals surface area contributed by atoms with Crippen LogP contribution in [-0.2, 0) is 0 Å². The van der Waals surface area contributed by atoms with Gasteiger partial charge in [0.15, 0.2) is 0 Å². The molecular formula is C67H45N. The summed E-state index contributed by atoms with van der Waals surface area (Å²) >= 11 is 0. The highest BCUT2D eigenvalue weighted by Gasteiger charge is 2.11. The minimum absolute atomic E-state index is 0.964. The third kappa shape index (κ3) is 7.48. The van der Waals surface area contributed by atoms with E-state index in [1.165, 1.54) is 88.0 Å². The lowest BCUT2D eigenvalue weighted by Gasteiger charge is -2.11. The van der Waals surface area contributed by atoms with E-state index in [2.05, 4.69) is 262 Å². The second-order valence-corrected chi connectivity index (χ2v) is 17.7. The maximum Gasteiger partial charge on any atom is 0.0788 e. The van der Waals surface area contributed by atoms with Crippen molar-refractivity contribution in [3.63, 3.8) is 0 Å². The fourth-order valence-electron chi connectivity index (χ4n) is 9.98. The zero-order valence-electron chi connectivity index (χ0n) is 37.7. The summed E-state index contributed by atoms with van der Waals surface area (Å²) in [7, 11) is 0. The standard InChI is InChI=1S/C67H45N/c1-3-59-50(29-30-51-32-37-57(42-64(51)59)62-19-9-13-48-11-4-6-17-60(48)62)22-21-44(2)45-23-25-46(26-24-45)55-15-8-16-56(41-55)47-27-34-53(35-28-47)66-40-39-54-36-31-52-33-38-58(43-65(52)67(54)68-66)63-20-10-14-49-12-5-7-18-61(49)63/h4-43H,1H2,2H3/b44-21+,50-22-. The van der Waals surface area contributed by atoms with Crippen LogP contribution in [0.25, 0.3) is 127 Å². The second-order valence-electron chi connectivity index (χ2n) is 17.7. The molecule has 0 bridgehead atoms. The van der Waals surface area contributed by atoms with E-state index in [9.17, 15) is 0 Å². The average molecular weight is 864 g/mol. The normalized spacial score (nSPS) is 12.1. The lowest BCUT2D eigenvalue weighted by molar-refractivity contribution is 1.41. The predicted molar refractivity (Wildman–Crippen MR) is 292 cm³/mol. The predicted octanol–water partition coefficient (Wildman–Crippen LogP) is 16.6. The first kappa shape index (κ1) is 40.6. The van der Waals surface area contributed by atoms with Gasteiger partial charge in [-0.05, 0) is 130 Å². The molecule has 11 aromatic carbocycles. The Morgan fingerprint density at radius 1 is 0.397 bits per heavy atom. The van der Waals surface area contributed by atoms with Gasteiger partial charge >= 0.3 is 0 Å². The Morgan fingerprint density at radius 2 is 0.882 bits per heavy atom. The molecule has 0 saturated carbocycles. The first-order chi connectivity index (χ1) is 33.5. The smallest absolute Gasteiger partial charge is 0.0788 e. The van der Waals surface area contributed by atoms with E-state index in [4.69, 9.17) is 4.98 Å². The van der Waals surface area contributed by atoms with E-state index in [-0.39, 0.29) is 0 Å². The van der Waals surface area contributed by atoms with Crippen LogP contribution in [0.2, 0.25) is 0 Å². The molecule has 68 heavy (non-hydrogen) atoms. The summed E-state index contributed by atoms with van der Waals surface area (Å²) in [4.78, 5) is 5.30. The van der Waals surface area contributed by atoms with E-state index < -0.39 is 0 Å². The van der Waals surface area contributed by atoms with Crippen LogP contribution in [0.15, 0.2) is 243 Å². The number of benzene rings is 11. The summed E-state index contributed by atoms with van der Waals surface area (Å²) < 4.78 is 0. The van der Waals surface area contributed by atoms with Gasteiger partial charge in [-0.1, -0.05) is 225 Å². The molecule has 0 aliphatic rings. The van der Waals surface area contributed by atoms with Gasteiger partial charge in [0, 0.05) is 21.6 Å². The van der Waals surface area contributed by atoms with E-state index >= 15 is 0 Å². The van der Waals surface area contributed by atoms with Crippen LogP contribution in [0.4, 0.5) is 0 Å². The number of hydrogen-bond donors (Lipinski definition) is 0. The number of rotatable bonds is 7. The summed E-state index contributed by atoms with van der Waals surface area (Å²) in [5.74, 6) is 0. The molecule has 1 aromatic heterocycles. The summed E-state index contributed by atoms with van der Waals surface area (Å²) in [6, 6.07) is 83.3. The lowest BCUT2D eigenvalue weighted by atomic mass is 9.95. The van der Waals surface area contributed by atoms with E-state index in [1.807, 2.05) is 0 Å². The first-order valence-electron chi connectivity index (χ1n) is 23.3. The van der Waals surface area contributed by atoms with Crippen molar-refractivity contribution in [1.82, 2.24) is 4.98 Å². The van der Waals surface area contributed by atoms with Gasteiger partial charge in [0.1, 0.15) is 0 Å². The molecule has 0 N–H and O–H groups in total. The Labute approximate surface area is 396 Å². The summed E-state index contributed by atoms with van der Waals surface area (Å²) in [6.07, 6.45) is 4.39. The molecule has 318 valence electrons. The van der Waals surface area contributed by atoms with Crippen molar-refractivity contribution in [3.8, 4) is 55.8 Å². The van der Waals surface area contributed by atoms with E-state index in [0.717, 1.165) is 43.4 Å². The molecular weight excluding hydrogens is 819 g/mol. The fraction of sp³-hybridized carbons (Fsp3) is 0.0149. The summed E-state index contributed by atoms with van der Waals surface area (Å²) in [6.45, 7) is 6.30. The minimum atomic E-state index is 0.964. The molecule has 0 radical (unpaired) electrons. The van der Waals surface area contributed by atoms with Crippen molar-refractivity contribution < 1.29 is 0 Å². The van der Waals surface area contributed by atoms with Gasteiger partial charge in [-0.3, -0.25) is 0 Å². The Hall–Kier alpha value is -8.87. The van der Waals surface area contributed by atoms with Gasteiger partial charge in [0.2, 0.25) is 0 Å². The highest BCUT2D eigenvalue weighted by Crippen LogP contribution is 2.36. The zero-order chi connectivity index (χ0) is 45.6. The molecule has 0 atom stereocenters. The van der Waals surface area contributed by atoms with Crippen molar-refractivity contribution in [2.24, 2.45) is 0 Å². The summed E-state index contributed by atoms with van der Waals surface area (Å²) in [5, 5.41) is 12.9. The topological polar surface area (TPSA) is 12.9 Å². The molecule has 0 saturated heterocycles. The quantitative estimate of drug-likeness (QED) is 0.146. The molecule has 1 heteroatoms. The Morgan fingerprint density at radius 3 is 1.54 bits per heavy atom. The maximum absolute atomic E-state index is 5.30. The second kappa shape index (κ2) is 17.2. The molecule has 0 unspecified atom stereocenters. The van der Waals surface area contributed by atoms with Crippen LogP contribution < -0.4 is 10.4 Å². The number of nitrogens with zero attached hydrogens (tertiary/aromatic N) is 1. The van der Waals surface area contributed by atoms with Crippen molar-refractivity contribution in [3.05, 3.63) is 259 Å². The molecule has 1 nitrogen and oxygen atoms in total. The maximum atomic E-state index is 5.30. The van der Waals surface area contributed by atoms with Crippen LogP contribution >= 0.6 is 0 Å². The van der Waals surface area contributed by atoms with Crippen LogP contribution in [-0.4, -0.2) is 4.98 Å². The Kier molecular flexibility index (Phi) is 10.3. The molecule has 0 amide bonds. The molecule has 1 heterocycles. The van der Waals surface area contributed by atoms with Crippen molar-refractivity contribution in [2.75, 3.05) is 0 Å². The van der Waals surface area contributed by atoms with Gasteiger partial charge in [-0.15, -0.1) is 5.73 Å². The highest BCUT2D eigenvalue weighted by atomic mass is 14.7. The number of pyridine rings is 1. The van der Waals surface area contributed by atoms with Crippen LogP contribution in [0, 0.1) is 0 Å². The Balaban J connectivity index is 0.793. The molecule has 0 aliphatic heterocycles. The van der Waals surface area contributed by atoms with Crippen molar-refractivity contribution in [1.29, 1.82) is 0 Å². The third-order valence-electron chi connectivity index (χ3n) is 13.7. The van der Waals surface area contributed by atoms with Crippen LogP contribution in [0.3, 0.4) is 0 Å². The molecule has 0 fully saturated rings. The van der Waals surface area contributed by atoms with E-state index in [1.54, 1.807) is 0 Å². The Bertz CT molecular complexity index is 4120. The molecule has 0 aliphatic carbocycles. The largest absolute Gasteiger partial charge is 0.247 e. The molecule has 12 rings (SSSR count). The van der Waals surface area contributed by atoms with Crippen molar-refractivity contribution >= 4 is 71.4 Å². The first-order valence-corrected chi connectivity index (χ1v) is 23.3. The SMILES string of the molecule is C=C=c1/c(=C\C=C(/C)c2ccc(-c3cccc(-c4ccc(-c5ccc6ccc7ccc(-c8cccc9ccccc89)cc7c6n5)cc4)c3)cc2)ccc2ccc(-c3cccc4ccccc34)cc12. The molecule has 12 aromatic rings. The minimum Gasteiger partial charge on any atom is -0.247 e. The fourth-order valence-corrected chi connectivity index (χ4v) is 9.98. The summed E-state index contributed by atoms with van der Waals surface area (Å²) in [5.41, 5.74) is 18.3. The van der Waals surface area contributed by atoms with E-state index in [0.29, 0.717) is 0 Å². The highest BCUT2D eigenvalue weighted by molar-refractivity contribution is 6.08. The van der Waals surface area contributed by atoms with Gasteiger partial charge in [-0.25, -0.2) is 4.98 Å². The van der Waals surface area contributed by atoms with Gasteiger partial charge in [0.05, 0.1) is 11.2 Å². The molecule has 0 spiro atoms. The number of fused-ring (bicyclic) bond motifs is 6. The average Bonchev–Trinajstić information content (AvgIpc) is 3.41. The van der Waals surface area contributed by atoms with Gasteiger partial charge < -0.3 is 0 Å². The zero-order valence-corrected chi connectivity index (χ0v) is 37.7.